The normalized spacial score (nSPS) is 14.2. The van der Waals surface area contributed by atoms with Gasteiger partial charge in [0, 0.05) is 34.9 Å². The average Bonchev–Trinajstić information content (AvgIpc) is 3.15. The molecule has 0 unspecified atom stereocenters. The third-order valence-electron chi connectivity index (χ3n) is 6.07. The number of aromatic amines is 1. The summed E-state index contributed by atoms with van der Waals surface area (Å²) >= 11 is 0. The first kappa shape index (κ1) is 20.3. The number of hydrogen-bond donors (Lipinski definition) is 2. The number of nitrogens with two attached hydrogens (primary N) is 1. The number of H-pyrrole nitrogens is 1. The molecule has 1 aliphatic rings. The quantitative estimate of drug-likeness (QED) is 0.514. The molecule has 3 N–H and O–H groups in total. The zero-order valence-electron chi connectivity index (χ0n) is 18.2. The standard InChI is InChI=1S/C26H25N3O3/c1-15-9-16(2)11-18(10-15)19-13-21-20-12-17(26(31)29-5-7-32-8-6-29)3-4-23(20)28-24(21)22(14-19)25(27)30/h3-4,9-14,28H,5-8H2,1-2H3,(H2,27,30). The van der Waals surface area contributed by atoms with Crippen molar-refractivity contribution in [1.82, 2.24) is 9.88 Å². The van der Waals surface area contributed by atoms with E-state index in [0.29, 0.717) is 42.9 Å². The third kappa shape index (κ3) is 3.52. The maximum absolute atomic E-state index is 13.0. The minimum atomic E-state index is -0.489. The largest absolute Gasteiger partial charge is 0.378 e. The van der Waals surface area contributed by atoms with E-state index >= 15 is 0 Å². The van der Waals surface area contributed by atoms with Crippen LogP contribution >= 0.6 is 0 Å². The minimum Gasteiger partial charge on any atom is -0.378 e. The van der Waals surface area contributed by atoms with E-state index in [0.717, 1.165) is 38.5 Å². The Balaban J connectivity index is 1.70. The topological polar surface area (TPSA) is 88.4 Å². The molecule has 1 saturated heterocycles. The number of primary amides is 1. The molecule has 1 fully saturated rings. The number of aromatic nitrogens is 1. The molecule has 2 amide bonds. The number of carbonyl (C=O) groups excluding carboxylic acids is 2. The fourth-order valence-corrected chi connectivity index (χ4v) is 4.58. The smallest absolute Gasteiger partial charge is 0.254 e. The van der Waals surface area contributed by atoms with Gasteiger partial charge in [-0.05, 0) is 55.3 Å². The van der Waals surface area contributed by atoms with Crippen LogP contribution in [0.4, 0.5) is 0 Å². The van der Waals surface area contributed by atoms with Gasteiger partial charge in [0.15, 0.2) is 0 Å². The summed E-state index contributed by atoms with van der Waals surface area (Å²) in [5.74, 6) is -0.498. The first-order chi connectivity index (χ1) is 15.4. The number of carbonyl (C=O) groups is 2. The van der Waals surface area contributed by atoms with Crippen molar-refractivity contribution in [2.45, 2.75) is 13.8 Å². The van der Waals surface area contributed by atoms with E-state index < -0.39 is 5.91 Å². The van der Waals surface area contributed by atoms with E-state index in [1.54, 1.807) is 0 Å². The molecule has 0 atom stereocenters. The second-order valence-electron chi connectivity index (χ2n) is 8.48. The fraction of sp³-hybridized carbons (Fsp3) is 0.231. The molecule has 6 nitrogen and oxygen atoms in total. The SMILES string of the molecule is Cc1cc(C)cc(-c2cc(C(N)=O)c3[nH]c4ccc(C(=O)N5CCOCC5)cc4c3c2)c1. The van der Waals surface area contributed by atoms with Gasteiger partial charge >= 0.3 is 0 Å². The molecule has 0 radical (unpaired) electrons. The Morgan fingerprint density at radius 2 is 1.59 bits per heavy atom. The van der Waals surface area contributed by atoms with Crippen LogP contribution in [0.2, 0.25) is 0 Å². The van der Waals surface area contributed by atoms with Gasteiger partial charge < -0.3 is 20.4 Å². The van der Waals surface area contributed by atoms with Crippen LogP contribution in [0, 0.1) is 13.8 Å². The Morgan fingerprint density at radius 1 is 0.906 bits per heavy atom. The lowest BCUT2D eigenvalue weighted by atomic mass is 9.96. The summed E-state index contributed by atoms with van der Waals surface area (Å²) in [4.78, 5) is 30.5. The maximum Gasteiger partial charge on any atom is 0.254 e. The molecular weight excluding hydrogens is 402 g/mol. The Hall–Kier alpha value is -3.64. The van der Waals surface area contributed by atoms with Crippen molar-refractivity contribution >= 4 is 33.6 Å². The van der Waals surface area contributed by atoms with Crippen molar-refractivity contribution in [3.8, 4) is 11.1 Å². The van der Waals surface area contributed by atoms with Crippen LogP contribution in [0.25, 0.3) is 32.9 Å². The fourth-order valence-electron chi connectivity index (χ4n) is 4.58. The number of ether oxygens (including phenoxy) is 1. The Bertz CT molecular complexity index is 1360. The summed E-state index contributed by atoms with van der Waals surface area (Å²) < 4.78 is 5.37. The van der Waals surface area contributed by atoms with E-state index in [9.17, 15) is 9.59 Å². The molecule has 0 spiro atoms. The molecule has 2 heterocycles. The number of nitrogens with one attached hydrogen (secondary N) is 1. The van der Waals surface area contributed by atoms with Gasteiger partial charge in [-0.25, -0.2) is 0 Å². The lowest BCUT2D eigenvalue weighted by molar-refractivity contribution is 0.0303. The number of nitrogens with zero attached hydrogens (tertiary/aromatic N) is 1. The van der Waals surface area contributed by atoms with E-state index in [1.807, 2.05) is 29.2 Å². The molecule has 1 aromatic heterocycles. The summed E-state index contributed by atoms with van der Waals surface area (Å²) in [6.07, 6.45) is 0. The first-order valence-corrected chi connectivity index (χ1v) is 10.8. The molecule has 0 bridgehead atoms. The van der Waals surface area contributed by atoms with Crippen molar-refractivity contribution in [2.24, 2.45) is 5.73 Å². The van der Waals surface area contributed by atoms with Crippen LogP contribution in [-0.2, 0) is 4.74 Å². The molecular formula is C26H25N3O3. The number of rotatable bonds is 3. The van der Waals surface area contributed by atoms with Crippen molar-refractivity contribution < 1.29 is 14.3 Å². The van der Waals surface area contributed by atoms with E-state index in [-0.39, 0.29) is 5.91 Å². The van der Waals surface area contributed by atoms with Crippen LogP contribution in [0.5, 0.6) is 0 Å². The minimum absolute atomic E-state index is 0.00913. The molecule has 4 aromatic rings. The third-order valence-corrected chi connectivity index (χ3v) is 6.07. The molecule has 5 rings (SSSR count). The molecule has 0 saturated carbocycles. The van der Waals surface area contributed by atoms with Gasteiger partial charge in [0.1, 0.15) is 0 Å². The summed E-state index contributed by atoms with van der Waals surface area (Å²) in [6, 6.07) is 15.8. The molecule has 3 aromatic carbocycles. The van der Waals surface area contributed by atoms with E-state index in [1.165, 1.54) is 0 Å². The number of morpholine rings is 1. The van der Waals surface area contributed by atoms with Crippen LogP contribution in [0.3, 0.4) is 0 Å². The predicted molar refractivity (Wildman–Crippen MR) is 126 cm³/mol. The Labute approximate surface area is 186 Å². The molecule has 32 heavy (non-hydrogen) atoms. The monoisotopic (exact) mass is 427 g/mol. The Kier molecular flexibility index (Phi) is 4.94. The lowest BCUT2D eigenvalue weighted by Gasteiger charge is -2.26. The lowest BCUT2D eigenvalue weighted by Crippen LogP contribution is -2.40. The number of aryl methyl sites for hydroxylation is 2. The van der Waals surface area contributed by atoms with Crippen molar-refractivity contribution in [3.63, 3.8) is 0 Å². The number of amides is 2. The zero-order chi connectivity index (χ0) is 22.4. The van der Waals surface area contributed by atoms with Crippen molar-refractivity contribution in [2.75, 3.05) is 26.3 Å². The van der Waals surface area contributed by atoms with Crippen molar-refractivity contribution in [3.05, 3.63) is 70.8 Å². The van der Waals surface area contributed by atoms with Gasteiger partial charge in [0.05, 0.1) is 24.3 Å². The summed E-state index contributed by atoms with van der Waals surface area (Å²) in [5.41, 5.74) is 12.6. The van der Waals surface area contributed by atoms with E-state index in [2.05, 4.69) is 43.1 Å². The Morgan fingerprint density at radius 3 is 2.28 bits per heavy atom. The van der Waals surface area contributed by atoms with Gasteiger partial charge in [-0.15, -0.1) is 0 Å². The van der Waals surface area contributed by atoms with E-state index in [4.69, 9.17) is 10.5 Å². The van der Waals surface area contributed by atoms with Crippen LogP contribution in [-0.4, -0.2) is 48.0 Å². The highest BCUT2D eigenvalue weighted by Gasteiger charge is 2.20. The van der Waals surface area contributed by atoms with Crippen LogP contribution in [0.1, 0.15) is 31.8 Å². The van der Waals surface area contributed by atoms with Gasteiger partial charge in [-0.3, -0.25) is 9.59 Å². The van der Waals surface area contributed by atoms with Crippen LogP contribution in [0.15, 0.2) is 48.5 Å². The first-order valence-electron chi connectivity index (χ1n) is 10.8. The highest BCUT2D eigenvalue weighted by molar-refractivity contribution is 6.17. The highest BCUT2D eigenvalue weighted by Crippen LogP contribution is 2.34. The molecule has 6 heteroatoms. The van der Waals surface area contributed by atoms with Gasteiger partial charge in [0.25, 0.3) is 11.8 Å². The molecule has 0 aliphatic carbocycles. The van der Waals surface area contributed by atoms with Crippen LogP contribution < -0.4 is 5.73 Å². The van der Waals surface area contributed by atoms with Gasteiger partial charge in [0.2, 0.25) is 0 Å². The number of benzene rings is 3. The summed E-state index contributed by atoms with van der Waals surface area (Å²) in [6.45, 7) is 6.41. The number of hydrogen-bond acceptors (Lipinski definition) is 3. The highest BCUT2D eigenvalue weighted by atomic mass is 16.5. The van der Waals surface area contributed by atoms with Gasteiger partial charge in [-0.2, -0.15) is 0 Å². The molecule has 162 valence electrons. The zero-order valence-corrected chi connectivity index (χ0v) is 18.2. The summed E-state index contributed by atoms with van der Waals surface area (Å²) in [5, 5.41) is 1.77. The second-order valence-corrected chi connectivity index (χ2v) is 8.48. The van der Waals surface area contributed by atoms with Crippen molar-refractivity contribution in [1.29, 1.82) is 0 Å². The molecule has 1 aliphatic heterocycles. The maximum atomic E-state index is 13.0. The average molecular weight is 428 g/mol. The van der Waals surface area contributed by atoms with Gasteiger partial charge in [-0.1, -0.05) is 29.3 Å². The second kappa shape index (κ2) is 7.80. The summed E-state index contributed by atoms with van der Waals surface area (Å²) in [7, 11) is 0. The number of fused-ring (bicyclic) bond motifs is 3. The predicted octanol–water partition coefficient (Wildman–Crippen LogP) is 4.18.